The summed E-state index contributed by atoms with van der Waals surface area (Å²) in [5.41, 5.74) is 7.86. The quantitative estimate of drug-likeness (QED) is 0.0566. The van der Waals surface area contributed by atoms with E-state index in [0.29, 0.717) is 14.6 Å². The van der Waals surface area contributed by atoms with Gasteiger partial charge in [0.1, 0.15) is 18.1 Å². The lowest BCUT2D eigenvalue weighted by atomic mass is 9.91. The number of carbonyl (C=O) groups excluding carboxylic acids is 6. The first-order valence-corrected chi connectivity index (χ1v) is 23.3. The van der Waals surface area contributed by atoms with Crippen LogP contribution >= 0.6 is 34.0 Å². The van der Waals surface area contributed by atoms with Crippen LogP contribution in [0.3, 0.4) is 0 Å². The topological polar surface area (TPSA) is 166 Å². The number of amides is 3. The number of hydrogen-bond acceptors (Lipinski definition) is 12. The van der Waals surface area contributed by atoms with Gasteiger partial charge < -0.3 is 30.2 Å². The zero-order valence-electron chi connectivity index (χ0n) is 36.1. The number of esters is 3. The van der Waals surface area contributed by atoms with E-state index in [1.54, 1.807) is 52.5 Å². The van der Waals surface area contributed by atoms with Gasteiger partial charge in [0.2, 0.25) is 0 Å². The Morgan fingerprint density at radius 1 is 0.394 bits per heavy atom. The van der Waals surface area contributed by atoms with E-state index in [4.69, 9.17) is 14.2 Å². The van der Waals surface area contributed by atoms with Gasteiger partial charge in [-0.1, -0.05) is 91.0 Å². The van der Waals surface area contributed by atoms with Crippen LogP contribution in [0.1, 0.15) is 45.7 Å². The number of nitrogens with one attached hydrogen (secondary N) is 3. The maximum atomic E-state index is 12.9. The van der Waals surface area contributed by atoms with E-state index in [-0.39, 0.29) is 37.0 Å². The summed E-state index contributed by atoms with van der Waals surface area (Å²) in [4.78, 5) is 78.3. The van der Waals surface area contributed by atoms with E-state index in [1.807, 2.05) is 72.8 Å². The molecule has 4 aromatic carbocycles. The number of carbonyl (C=O) groups is 6. The van der Waals surface area contributed by atoms with Crippen LogP contribution in [0.2, 0.25) is 0 Å². The van der Waals surface area contributed by atoms with Crippen LogP contribution in [-0.4, -0.2) is 75.1 Å². The summed E-state index contributed by atoms with van der Waals surface area (Å²) < 4.78 is 15.1. The molecule has 0 spiro atoms. The molecule has 3 atom stereocenters. The lowest BCUT2D eigenvalue weighted by molar-refractivity contribution is -0.143. The van der Waals surface area contributed by atoms with Crippen molar-refractivity contribution in [1.29, 1.82) is 0 Å². The Labute approximate surface area is 393 Å². The predicted octanol–water partition coefficient (Wildman–Crippen LogP) is 8.41. The average molecular weight is 940 g/mol. The van der Waals surface area contributed by atoms with Crippen LogP contribution in [0.5, 0.6) is 0 Å². The zero-order valence-corrected chi connectivity index (χ0v) is 38.6. The first-order valence-electron chi connectivity index (χ1n) is 20.7. The van der Waals surface area contributed by atoms with E-state index in [2.05, 4.69) is 34.1 Å². The molecule has 336 valence electrons. The number of benzene rings is 4. The molecule has 3 aromatic heterocycles. The summed E-state index contributed by atoms with van der Waals surface area (Å²) in [7, 11) is 3.87. The fraction of sp³-hybridized carbons (Fsp3) is 0.176. The minimum Gasteiger partial charge on any atom is -0.467 e. The standard InChI is InChI=1S/C51H45N3O9S3/c1-61-49(58)40(52-46(55)43-7-4-22-64-43)25-31-10-16-34(17-11-31)37-28-38(35-18-12-32(13-19-35)26-41(50(59)62-2)53-47(56)44-8-5-23-65-44)30-39(29-37)36-20-14-33(15-21-36)27-42(51(60)63-3)54-48(57)45-9-6-24-66-45/h4-24,28-30,40-42H,25-27H2,1-3H3,(H,52,55)(H,53,56)(H,54,57)/t40-,41-,42-/m0/s1. The van der Waals surface area contributed by atoms with E-state index < -0.39 is 36.0 Å². The van der Waals surface area contributed by atoms with Gasteiger partial charge in [-0.25, -0.2) is 14.4 Å². The van der Waals surface area contributed by atoms with Crippen molar-refractivity contribution < 1.29 is 43.0 Å². The van der Waals surface area contributed by atoms with E-state index in [9.17, 15) is 28.8 Å². The van der Waals surface area contributed by atoms with Crippen LogP contribution in [0.4, 0.5) is 0 Å². The largest absolute Gasteiger partial charge is 0.467 e. The van der Waals surface area contributed by atoms with Crippen molar-refractivity contribution in [2.75, 3.05) is 21.3 Å². The normalized spacial score (nSPS) is 12.2. The monoisotopic (exact) mass is 939 g/mol. The molecule has 12 nitrogen and oxygen atoms in total. The molecule has 0 unspecified atom stereocenters. The lowest BCUT2D eigenvalue weighted by Gasteiger charge is -2.17. The van der Waals surface area contributed by atoms with Crippen molar-refractivity contribution >= 4 is 69.6 Å². The maximum absolute atomic E-state index is 12.9. The number of ether oxygens (including phenoxy) is 3. The Morgan fingerprint density at radius 3 is 0.864 bits per heavy atom. The third kappa shape index (κ3) is 11.9. The van der Waals surface area contributed by atoms with Crippen LogP contribution in [0, 0.1) is 0 Å². The molecule has 3 N–H and O–H groups in total. The van der Waals surface area contributed by atoms with Crippen molar-refractivity contribution in [2.45, 2.75) is 37.4 Å². The Balaban J connectivity index is 1.16. The van der Waals surface area contributed by atoms with Gasteiger partial charge in [0, 0.05) is 19.3 Å². The van der Waals surface area contributed by atoms with Crippen molar-refractivity contribution in [3.05, 3.63) is 175 Å². The lowest BCUT2D eigenvalue weighted by Crippen LogP contribution is -2.42. The Hall–Kier alpha value is -7.20. The van der Waals surface area contributed by atoms with Gasteiger partial charge in [0.05, 0.1) is 36.0 Å². The Kier molecular flexibility index (Phi) is 15.7. The van der Waals surface area contributed by atoms with Gasteiger partial charge >= 0.3 is 17.9 Å². The second kappa shape index (κ2) is 22.1. The molecule has 7 rings (SSSR count). The van der Waals surface area contributed by atoms with E-state index >= 15 is 0 Å². The molecule has 0 bridgehead atoms. The molecular formula is C51H45N3O9S3. The molecule has 3 heterocycles. The van der Waals surface area contributed by atoms with Crippen LogP contribution in [0.15, 0.2) is 144 Å². The van der Waals surface area contributed by atoms with Crippen LogP contribution < -0.4 is 16.0 Å². The molecule has 0 saturated heterocycles. The second-order valence-corrected chi connectivity index (χ2v) is 17.9. The third-order valence-corrected chi connectivity index (χ3v) is 13.3. The van der Waals surface area contributed by atoms with Gasteiger partial charge in [0.15, 0.2) is 0 Å². The highest BCUT2D eigenvalue weighted by atomic mass is 32.1. The molecular weight excluding hydrogens is 895 g/mol. The minimum atomic E-state index is -0.892. The summed E-state index contributed by atoms with van der Waals surface area (Å²) in [6.45, 7) is 0. The third-order valence-electron chi connectivity index (χ3n) is 10.7. The highest BCUT2D eigenvalue weighted by molar-refractivity contribution is 7.12. The van der Waals surface area contributed by atoms with Gasteiger partial charge in [-0.3, -0.25) is 14.4 Å². The Morgan fingerprint density at radius 2 is 0.652 bits per heavy atom. The zero-order chi connectivity index (χ0) is 46.6. The molecule has 15 heteroatoms. The SMILES string of the molecule is COC(=O)[C@H](Cc1ccc(-c2cc(-c3ccc(C[C@H](NC(=O)c4cccs4)C(=O)OC)cc3)cc(-c3ccc(C[C@H](NC(=O)c4cccs4)C(=O)OC)cc3)c2)cc1)NC(=O)c1cccs1. The Bertz CT molecular complexity index is 2460. The molecule has 0 radical (unpaired) electrons. The van der Waals surface area contributed by atoms with Gasteiger partial charge in [-0.15, -0.1) is 34.0 Å². The molecule has 0 saturated carbocycles. The highest BCUT2D eigenvalue weighted by Crippen LogP contribution is 2.34. The average Bonchev–Trinajstić information content (AvgIpc) is 4.19. The first-order chi connectivity index (χ1) is 32.0. The van der Waals surface area contributed by atoms with Gasteiger partial charge in [-0.05, 0) is 103 Å². The molecule has 66 heavy (non-hydrogen) atoms. The van der Waals surface area contributed by atoms with Crippen molar-refractivity contribution in [1.82, 2.24) is 16.0 Å². The van der Waals surface area contributed by atoms with E-state index in [0.717, 1.165) is 50.1 Å². The fourth-order valence-corrected chi connectivity index (χ4v) is 9.13. The fourth-order valence-electron chi connectivity index (χ4n) is 7.25. The minimum absolute atomic E-state index is 0.219. The first kappa shape index (κ1) is 46.8. The summed E-state index contributed by atoms with van der Waals surface area (Å²) in [5.74, 6) is -2.70. The smallest absolute Gasteiger partial charge is 0.328 e. The van der Waals surface area contributed by atoms with Gasteiger partial charge in [0.25, 0.3) is 17.7 Å². The molecule has 0 aliphatic rings. The number of hydrogen-bond donors (Lipinski definition) is 3. The van der Waals surface area contributed by atoms with Crippen molar-refractivity contribution in [3.8, 4) is 33.4 Å². The number of methoxy groups -OCH3 is 3. The van der Waals surface area contributed by atoms with Crippen LogP contribution in [0.25, 0.3) is 33.4 Å². The van der Waals surface area contributed by atoms with Gasteiger partial charge in [-0.2, -0.15) is 0 Å². The maximum Gasteiger partial charge on any atom is 0.328 e. The summed E-state index contributed by atoms with van der Waals surface area (Å²) in [5, 5.41) is 13.8. The summed E-state index contributed by atoms with van der Waals surface area (Å²) >= 11 is 3.85. The van der Waals surface area contributed by atoms with Crippen molar-refractivity contribution in [2.24, 2.45) is 0 Å². The van der Waals surface area contributed by atoms with Crippen LogP contribution in [-0.2, 0) is 47.9 Å². The summed E-state index contributed by atoms with van der Waals surface area (Å²) in [6, 6.07) is 37.3. The highest BCUT2D eigenvalue weighted by Gasteiger charge is 2.26. The van der Waals surface area contributed by atoms with Crippen molar-refractivity contribution in [3.63, 3.8) is 0 Å². The molecule has 7 aromatic rings. The molecule has 3 amide bonds. The second-order valence-electron chi connectivity index (χ2n) is 15.1. The number of rotatable bonds is 18. The molecule has 0 fully saturated rings. The predicted molar refractivity (Wildman–Crippen MR) is 257 cm³/mol. The summed E-state index contributed by atoms with van der Waals surface area (Å²) in [6.07, 6.45) is 0.658. The van der Waals surface area contributed by atoms with E-state index in [1.165, 1.54) is 55.3 Å². The number of thiophene rings is 3. The molecule has 0 aliphatic heterocycles. The molecule has 0 aliphatic carbocycles.